The van der Waals surface area contributed by atoms with E-state index in [9.17, 15) is 9.59 Å². The molecule has 1 aromatic heterocycles. The number of carbonyl (C=O) groups is 2. The van der Waals surface area contributed by atoms with Crippen LogP contribution in [0.25, 0.3) is 0 Å². The number of rotatable bonds is 3. The normalized spacial score (nSPS) is 19.6. The van der Waals surface area contributed by atoms with Gasteiger partial charge in [-0.15, -0.1) is 11.3 Å². The number of anilines is 2. The van der Waals surface area contributed by atoms with E-state index in [4.69, 9.17) is 16.2 Å². The number of primary amides is 1. The summed E-state index contributed by atoms with van der Waals surface area (Å²) in [5.74, 6) is -1.17. The first-order valence-corrected chi connectivity index (χ1v) is 7.44. The number of nitrogen functional groups attached to an aromatic ring is 1. The summed E-state index contributed by atoms with van der Waals surface area (Å²) in [4.78, 5) is 28.0. The zero-order valence-electron chi connectivity index (χ0n) is 12.4. The van der Waals surface area contributed by atoms with E-state index in [1.807, 2.05) is 7.05 Å². The largest absolute Gasteiger partial charge is 0.465 e. The number of likely N-dealkylation sites (N-methyl/N-ethyl adjacent to an activating group) is 1. The van der Waals surface area contributed by atoms with Gasteiger partial charge in [-0.3, -0.25) is 4.79 Å². The van der Waals surface area contributed by atoms with Crippen LogP contribution in [0.1, 0.15) is 27.0 Å². The molecule has 2 heterocycles. The fraction of sp³-hybridized carbons (Fsp3) is 0.538. The zero-order valence-corrected chi connectivity index (χ0v) is 13.2. The maximum absolute atomic E-state index is 11.8. The molecule has 0 radical (unpaired) electrons. The van der Waals surface area contributed by atoms with E-state index in [1.165, 1.54) is 18.4 Å². The highest BCUT2D eigenvalue weighted by Gasteiger charge is 2.31. The molecule has 1 saturated heterocycles. The molecule has 0 aliphatic carbocycles. The average molecular weight is 312 g/mol. The van der Waals surface area contributed by atoms with E-state index in [-0.39, 0.29) is 22.2 Å². The van der Waals surface area contributed by atoms with E-state index < -0.39 is 11.9 Å². The molecule has 8 heteroatoms. The third kappa shape index (κ3) is 2.81. The van der Waals surface area contributed by atoms with E-state index in [2.05, 4.69) is 16.7 Å². The van der Waals surface area contributed by atoms with Gasteiger partial charge in [0.15, 0.2) is 0 Å². The molecule has 116 valence electrons. The van der Waals surface area contributed by atoms with Crippen molar-refractivity contribution >= 4 is 33.9 Å². The standard InChI is InChI=1S/C13H20N4O3S/c1-7-6-16(2)4-5-17(7)12-8(11(15)18)9(14)10(21-12)13(19)20-3/h7H,4-6,14H2,1-3H3,(H2,15,18). The third-order valence-corrected chi connectivity index (χ3v) is 4.86. The Morgan fingerprint density at radius 3 is 2.57 bits per heavy atom. The molecule has 1 aliphatic rings. The van der Waals surface area contributed by atoms with Gasteiger partial charge in [-0.2, -0.15) is 0 Å². The molecule has 1 unspecified atom stereocenters. The average Bonchev–Trinajstić information content (AvgIpc) is 2.75. The van der Waals surface area contributed by atoms with E-state index in [0.29, 0.717) is 5.00 Å². The minimum absolute atomic E-state index is 0.112. The molecule has 1 atom stereocenters. The number of thiophene rings is 1. The number of hydrogen-bond acceptors (Lipinski definition) is 7. The fourth-order valence-electron chi connectivity index (χ4n) is 2.56. The summed E-state index contributed by atoms with van der Waals surface area (Å²) in [7, 11) is 3.33. The summed E-state index contributed by atoms with van der Waals surface area (Å²) in [6.07, 6.45) is 0. The van der Waals surface area contributed by atoms with Crippen molar-refractivity contribution in [1.82, 2.24) is 4.90 Å². The summed E-state index contributed by atoms with van der Waals surface area (Å²) >= 11 is 1.17. The van der Waals surface area contributed by atoms with Crippen molar-refractivity contribution in [1.29, 1.82) is 0 Å². The molecule has 1 amide bonds. The van der Waals surface area contributed by atoms with Crippen molar-refractivity contribution in [2.24, 2.45) is 5.73 Å². The summed E-state index contributed by atoms with van der Waals surface area (Å²) in [5, 5.41) is 0.654. The van der Waals surface area contributed by atoms with Crippen LogP contribution in [0.4, 0.5) is 10.7 Å². The molecule has 2 rings (SSSR count). The Morgan fingerprint density at radius 1 is 1.38 bits per heavy atom. The lowest BCUT2D eigenvalue weighted by molar-refractivity contribution is 0.0607. The first-order chi connectivity index (χ1) is 9.86. The number of amides is 1. The summed E-state index contributed by atoms with van der Waals surface area (Å²) in [5.41, 5.74) is 11.7. The summed E-state index contributed by atoms with van der Waals surface area (Å²) < 4.78 is 4.71. The molecule has 0 bridgehead atoms. The van der Waals surface area contributed by atoms with Crippen molar-refractivity contribution < 1.29 is 14.3 Å². The summed E-state index contributed by atoms with van der Waals surface area (Å²) in [6.45, 7) is 4.55. The van der Waals surface area contributed by atoms with Crippen LogP contribution in [0.2, 0.25) is 0 Å². The molecule has 0 saturated carbocycles. The molecule has 7 nitrogen and oxygen atoms in total. The van der Waals surface area contributed by atoms with Gasteiger partial charge in [0.05, 0.1) is 18.4 Å². The van der Waals surface area contributed by atoms with Crippen LogP contribution < -0.4 is 16.4 Å². The number of hydrogen-bond donors (Lipinski definition) is 2. The van der Waals surface area contributed by atoms with Crippen LogP contribution in [0.15, 0.2) is 0 Å². The van der Waals surface area contributed by atoms with Gasteiger partial charge < -0.3 is 26.0 Å². The first-order valence-electron chi connectivity index (χ1n) is 6.62. The van der Waals surface area contributed by atoms with Gasteiger partial charge >= 0.3 is 5.97 Å². The molecule has 1 aromatic rings. The van der Waals surface area contributed by atoms with E-state index in [0.717, 1.165) is 19.6 Å². The van der Waals surface area contributed by atoms with Crippen LogP contribution >= 0.6 is 11.3 Å². The number of ether oxygens (including phenoxy) is 1. The molecule has 0 spiro atoms. The van der Waals surface area contributed by atoms with Gasteiger partial charge in [0, 0.05) is 25.7 Å². The molecule has 21 heavy (non-hydrogen) atoms. The predicted octanol–water partition coefficient (Wildman–Crippen LogP) is 0.356. The van der Waals surface area contributed by atoms with Crippen molar-refractivity contribution in [3.8, 4) is 0 Å². The highest BCUT2D eigenvalue weighted by Crippen LogP contribution is 2.39. The maximum atomic E-state index is 11.8. The van der Waals surface area contributed by atoms with Gasteiger partial charge in [0.25, 0.3) is 5.91 Å². The number of esters is 1. The Hall–Kier alpha value is -1.80. The Balaban J connectivity index is 2.47. The predicted molar refractivity (Wildman–Crippen MR) is 82.9 cm³/mol. The number of nitrogens with zero attached hydrogens (tertiary/aromatic N) is 2. The van der Waals surface area contributed by atoms with E-state index >= 15 is 0 Å². The Bertz CT molecular complexity index is 572. The van der Waals surface area contributed by atoms with Gasteiger partial charge in [-0.05, 0) is 14.0 Å². The van der Waals surface area contributed by atoms with Crippen molar-refractivity contribution in [3.63, 3.8) is 0 Å². The second-order valence-electron chi connectivity index (χ2n) is 5.19. The van der Waals surface area contributed by atoms with Crippen molar-refractivity contribution in [3.05, 3.63) is 10.4 Å². The van der Waals surface area contributed by atoms with E-state index in [1.54, 1.807) is 0 Å². The molecular weight excluding hydrogens is 292 g/mol. The Labute approximate surface area is 127 Å². The van der Waals surface area contributed by atoms with Crippen LogP contribution in [0.5, 0.6) is 0 Å². The van der Waals surface area contributed by atoms with Crippen LogP contribution in [0.3, 0.4) is 0 Å². The van der Waals surface area contributed by atoms with Crippen LogP contribution in [0, 0.1) is 0 Å². The molecular formula is C13H20N4O3S. The van der Waals surface area contributed by atoms with Crippen molar-refractivity contribution in [2.45, 2.75) is 13.0 Å². The lowest BCUT2D eigenvalue weighted by atomic mass is 10.1. The first kappa shape index (κ1) is 15.6. The van der Waals surface area contributed by atoms with Gasteiger partial charge in [-0.25, -0.2) is 4.79 Å². The Morgan fingerprint density at radius 2 is 2.05 bits per heavy atom. The fourth-order valence-corrected chi connectivity index (χ4v) is 3.83. The zero-order chi connectivity index (χ0) is 15.7. The molecule has 1 fully saturated rings. The molecule has 4 N–H and O–H groups in total. The number of methoxy groups -OCH3 is 1. The number of piperazine rings is 1. The van der Waals surface area contributed by atoms with Gasteiger partial charge in [0.1, 0.15) is 9.88 Å². The second-order valence-corrected chi connectivity index (χ2v) is 6.18. The highest BCUT2D eigenvalue weighted by atomic mass is 32.1. The lowest BCUT2D eigenvalue weighted by Gasteiger charge is -2.39. The number of nitrogens with two attached hydrogens (primary N) is 2. The minimum Gasteiger partial charge on any atom is -0.465 e. The quantitative estimate of drug-likeness (QED) is 0.781. The Kier molecular flexibility index (Phi) is 4.38. The lowest BCUT2D eigenvalue weighted by Crippen LogP contribution is -2.50. The SMILES string of the molecule is COC(=O)c1sc(N2CCN(C)CC2C)c(C(N)=O)c1N. The smallest absolute Gasteiger partial charge is 0.350 e. The van der Waals surface area contributed by atoms with Crippen LogP contribution in [-0.4, -0.2) is 56.6 Å². The number of carbonyl (C=O) groups excluding carboxylic acids is 2. The topological polar surface area (TPSA) is 102 Å². The van der Waals surface area contributed by atoms with Crippen molar-refractivity contribution in [2.75, 3.05) is 44.4 Å². The van der Waals surface area contributed by atoms with Gasteiger partial charge in [0.2, 0.25) is 0 Å². The van der Waals surface area contributed by atoms with Crippen LogP contribution in [-0.2, 0) is 4.74 Å². The third-order valence-electron chi connectivity index (χ3n) is 3.64. The summed E-state index contributed by atoms with van der Waals surface area (Å²) in [6, 6.07) is 0.199. The minimum atomic E-state index is -0.625. The second kappa shape index (κ2) is 5.90. The molecule has 1 aliphatic heterocycles. The van der Waals surface area contributed by atoms with Gasteiger partial charge in [-0.1, -0.05) is 0 Å². The molecule has 0 aromatic carbocycles. The highest BCUT2D eigenvalue weighted by molar-refractivity contribution is 7.19. The monoisotopic (exact) mass is 312 g/mol. The maximum Gasteiger partial charge on any atom is 0.350 e.